The van der Waals surface area contributed by atoms with Crippen LogP contribution in [0.2, 0.25) is 0 Å². The number of fused-ring (bicyclic) bond motifs is 1. The first kappa shape index (κ1) is 6.96. The monoisotopic (exact) mass is 149 g/mol. The molecule has 0 radical (unpaired) electrons. The van der Waals surface area contributed by atoms with Gasteiger partial charge in [-0.15, -0.1) is 0 Å². The van der Waals surface area contributed by atoms with Crippen LogP contribution in [0.25, 0.3) is 0 Å². The first-order valence-electron chi connectivity index (χ1n) is 4.39. The SMILES string of the molecule is C=C1C=CC2CCCC2N1C. The Morgan fingerprint density at radius 3 is 3.18 bits per heavy atom. The van der Waals surface area contributed by atoms with Crippen LogP contribution in [0.3, 0.4) is 0 Å². The summed E-state index contributed by atoms with van der Waals surface area (Å²) >= 11 is 0. The highest BCUT2D eigenvalue weighted by molar-refractivity contribution is 5.21. The van der Waals surface area contributed by atoms with Crippen molar-refractivity contribution in [2.75, 3.05) is 7.05 Å². The van der Waals surface area contributed by atoms with Crippen LogP contribution in [0.15, 0.2) is 24.4 Å². The zero-order valence-corrected chi connectivity index (χ0v) is 7.09. The number of rotatable bonds is 0. The van der Waals surface area contributed by atoms with Gasteiger partial charge in [-0.2, -0.15) is 0 Å². The molecule has 0 spiro atoms. The molecule has 2 aliphatic rings. The van der Waals surface area contributed by atoms with Gasteiger partial charge in [-0.1, -0.05) is 19.1 Å². The predicted molar refractivity (Wildman–Crippen MR) is 47.2 cm³/mol. The maximum absolute atomic E-state index is 3.99. The van der Waals surface area contributed by atoms with Gasteiger partial charge < -0.3 is 4.90 Å². The van der Waals surface area contributed by atoms with Gasteiger partial charge >= 0.3 is 0 Å². The van der Waals surface area contributed by atoms with E-state index in [0.29, 0.717) is 0 Å². The number of allylic oxidation sites excluding steroid dienone is 1. The van der Waals surface area contributed by atoms with Crippen LogP contribution in [-0.2, 0) is 0 Å². The summed E-state index contributed by atoms with van der Waals surface area (Å²) < 4.78 is 0. The van der Waals surface area contributed by atoms with E-state index in [1.54, 1.807) is 0 Å². The lowest BCUT2D eigenvalue weighted by Gasteiger charge is -2.34. The second-order valence-electron chi connectivity index (χ2n) is 3.62. The van der Waals surface area contributed by atoms with Crippen LogP contribution >= 0.6 is 0 Å². The van der Waals surface area contributed by atoms with Crippen molar-refractivity contribution in [1.82, 2.24) is 4.90 Å². The average molecular weight is 149 g/mol. The molecule has 1 nitrogen and oxygen atoms in total. The first-order chi connectivity index (χ1) is 5.29. The highest BCUT2D eigenvalue weighted by Gasteiger charge is 2.30. The molecule has 0 aromatic carbocycles. The molecule has 2 atom stereocenters. The molecule has 2 rings (SSSR count). The molecule has 1 aliphatic heterocycles. The molecule has 1 heterocycles. The molecular formula is C10H15N. The van der Waals surface area contributed by atoms with E-state index in [1.807, 2.05) is 0 Å². The molecule has 1 aliphatic carbocycles. The van der Waals surface area contributed by atoms with Crippen LogP contribution in [0.1, 0.15) is 19.3 Å². The summed E-state index contributed by atoms with van der Waals surface area (Å²) in [5, 5.41) is 0. The number of likely N-dealkylation sites (N-methyl/N-ethyl adjacent to an activating group) is 1. The van der Waals surface area contributed by atoms with Gasteiger partial charge in [-0.05, 0) is 24.8 Å². The fourth-order valence-corrected chi connectivity index (χ4v) is 2.24. The van der Waals surface area contributed by atoms with Crippen molar-refractivity contribution in [3.05, 3.63) is 24.4 Å². The minimum Gasteiger partial charge on any atom is -0.372 e. The minimum atomic E-state index is 0.757. The van der Waals surface area contributed by atoms with Crippen LogP contribution in [0.5, 0.6) is 0 Å². The lowest BCUT2D eigenvalue weighted by Crippen LogP contribution is -2.35. The molecule has 1 heteroatoms. The quantitative estimate of drug-likeness (QED) is 0.510. The molecule has 0 saturated heterocycles. The van der Waals surface area contributed by atoms with E-state index in [-0.39, 0.29) is 0 Å². The van der Waals surface area contributed by atoms with E-state index >= 15 is 0 Å². The Morgan fingerprint density at radius 1 is 1.55 bits per heavy atom. The van der Waals surface area contributed by atoms with Gasteiger partial charge in [-0.3, -0.25) is 0 Å². The third-order valence-corrected chi connectivity index (χ3v) is 3.02. The predicted octanol–water partition coefficient (Wildman–Crippen LogP) is 2.17. The first-order valence-corrected chi connectivity index (χ1v) is 4.39. The molecule has 11 heavy (non-hydrogen) atoms. The fourth-order valence-electron chi connectivity index (χ4n) is 2.24. The summed E-state index contributed by atoms with van der Waals surface area (Å²) in [5.74, 6) is 0.811. The molecular weight excluding hydrogens is 134 g/mol. The molecule has 2 unspecified atom stereocenters. The highest BCUT2D eigenvalue weighted by atomic mass is 15.1. The van der Waals surface area contributed by atoms with Crippen molar-refractivity contribution in [3.8, 4) is 0 Å². The Kier molecular flexibility index (Phi) is 1.52. The lowest BCUT2D eigenvalue weighted by atomic mass is 9.97. The van der Waals surface area contributed by atoms with Crippen LogP contribution in [-0.4, -0.2) is 18.0 Å². The van der Waals surface area contributed by atoms with Gasteiger partial charge in [0.2, 0.25) is 0 Å². The van der Waals surface area contributed by atoms with Gasteiger partial charge in [0.05, 0.1) is 0 Å². The minimum absolute atomic E-state index is 0.757. The zero-order chi connectivity index (χ0) is 7.84. The van der Waals surface area contributed by atoms with Crippen LogP contribution in [0, 0.1) is 5.92 Å². The summed E-state index contributed by atoms with van der Waals surface area (Å²) in [6, 6.07) is 0.757. The molecule has 0 bridgehead atoms. The molecule has 1 fully saturated rings. The normalized spacial score (nSPS) is 36.1. The van der Waals surface area contributed by atoms with Gasteiger partial charge in [0.25, 0.3) is 0 Å². The van der Waals surface area contributed by atoms with Gasteiger partial charge in [0.1, 0.15) is 0 Å². The Hall–Kier alpha value is -0.720. The summed E-state index contributed by atoms with van der Waals surface area (Å²) in [7, 11) is 2.16. The maximum atomic E-state index is 3.99. The summed E-state index contributed by atoms with van der Waals surface area (Å²) in [6.07, 6.45) is 8.60. The average Bonchev–Trinajstić information content (AvgIpc) is 2.45. The van der Waals surface area contributed by atoms with Crippen molar-refractivity contribution in [3.63, 3.8) is 0 Å². The van der Waals surface area contributed by atoms with Gasteiger partial charge in [0, 0.05) is 18.8 Å². The molecule has 60 valence electrons. The Balaban J connectivity index is 2.24. The molecule has 0 aromatic heterocycles. The van der Waals surface area contributed by atoms with Gasteiger partial charge in [0.15, 0.2) is 0 Å². The van der Waals surface area contributed by atoms with E-state index in [1.165, 1.54) is 25.0 Å². The largest absolute Gasteiger partial charge is 0.372 e. The van der Waals surface area contributed by atoms with E-state index in [9.17, 15) is 0 Å². The second kappa shape index (κ2) is 2.40. The molecule has 1 saturated carbocycles. The van der Waals surface area contributed by atoms with E-state index in [2.05, 4.69) is 30.7 Å². The second-order valence-corrected chi connectivity index (χ2v) is 3.62. The third-order valence-electron chi connectivity index (χ3n) is 3.02. The Morgan fingerprint density at radius 2 is 2.36 bits per heavy atom. The van der Waals surface area contributed by atoms with Crippen LogP contribution < -0.4 is 0 Å². The summed E-state index contributed by atoms with van der Waals surface area (Å²) in [4.78, 5) is 2.33. The number of nitrogens with zero attached hydrogens (tertiary/aromatic N) is 1. The van der Waals surface area contributed by atoms with E-state index in [0.717, 1.165) is 12.0 Å². The maximum Gasteiger partial charge on any atom is 0.0349 e. The van der Waals surface area contributed by atoms with Gasteiger partial charge in [-0.25, -0.2) is 0 Å². The molecule has 0 N–H and O–H groups in total. The van der Waals surface area contributed by atoms with E-state index in [4.69, 9.17) is 0 Å². The third kappa shape index (κ3) is 0.991. The summed E-state index contributed by atoms with van der Waals surface area (Å²) in [6.45, 7) is 3.99. The fraction of sp³-hybridized carbons (Fsp3) is 0.600. The van der Waals surface area contributed by atoms with Crippen molar-refractivity contribution in [1.29, 1.82) is 0 Å². The zero-order valence-electron chi connectivity index (χ0n) is 7.09. The number of hydrogen-bond donors (Lipinski definition) is 0. The van der Waals surface area contributed by atoms with Crippen molar-refractivity contribution >= 4 is 0 Å². The topological polar surface area (TPSA) is 3.24 Å². The van der Waals surface area contributed by atoms with Crippen molar-refractivity contribution in [2.45, 2.75) is 25.3 Å². The Bertz CT molecular complexity index is 203. The van der Waals surface area contributed by atoms with Crippen molar-refractivity contribution in [2.24, 2.45) is 5.92 Å². The standard InChI is InChI=1S/C10H15N/c1-8-6-7-9-4-3-5-10(9)11(8)2/h6-7,9-10H,1,3-5H2,2H3. The highest BCUT2D eigenvalue weighted by Crippen LogP contribution is 2.34. The van der Waals surface area contributed by atoms with E-state index < -0.39 is 0 Å². The smallest absolute Gasteiger partial charge is 0.0349 e. The lowest BCUT2D eigenvalue weighted by molar-refractivity contribution is 0.269. The molecule has 0 aromatic rings. The Labute approximate surface area is 68.4 Å². The van der Waals surface area contributed by atoms with Crippen LogP contribution in [0.4, 0.5) is 0 Å². The molecule has 0 amide bonds. The van der Waals surface area contributed by atoms with Crippen molar-refractivity contribution < 1.29 is 0 Å². The summed E-state index contributed by atoms with van der Waals surface area (Å²) in [5.41, 5.74) is 1.17. The number of hydrogen-bond acceptors (Lipinski definition) is 1.